The lowest BCUT2D eigenvalue weighted by Crippen LogP contribution is -2.31. The zero-order valence-electron chi connectivity index (χ0n) is 15.4. The Kier molecular flexibility index (Phi) is 5.00. The number of hydrogen-bond acceptors (Lipinski definition) is 1. The summed E-state index contributed by atoms with van der Waals surface area (Å²) in [6.07, 6.45) is 4.96. The van der Waals surface area contributed by atoms with Crippen LogP contribution in [-0.2, 0) is 0 Å². The average molecular weight is 340 g/mol. The summed E-state index contributed by atoms with van der Waals surface area (Å²) >= 11 is 0. The number of rotatable bonds is 7. The molecule has 1 heterocycles. The fraction of sp³-hybridized carbons (Fsp3) is 0.429. The molecule has 0 spiro atoms. The molecule has 0 aliphatic heterocycles. The van der Waals surface area contributed by atoms with Gasteiger partial charge in [0, 0.05) is 27.9 Å². The average Bonchev–Trinajstić information content (AvgIpc) is 2.88. The maximum atomic E-state index is 6.03. The molecule has 2 aromatic carbocycles. The predicted octanol–water partition coefficient (Wildman–Crippen LogP) is 6.44. The van der Waals surface area contributed by atoms with Gasteiger partial charge in [-0.05, 0) is 24.6 Å². The smallest absolute Gasteiger partial charge is 0.153 e. The molecule has 2 nitrogen and oxygen atoms in total. The van der Waals surface area contributed by atoms with Gasteiger partial charge in [0.25, 0.3) is 0 Å². The first-order valence-electron chi connectivity index (χ1n) is 9.19. The van der Waals surface area contributed by atoms with Gasteiger partial charge in [0.2, 0.25) is 0 Å². The van der Waals surface area contributed by atoms with Crippen LogP contribution >= 0.6 is 0 Å². The Morgan fingerprint density at radius 2 is 1.62 bits per heavy atom. The van der Waals surface area contributed by atoms with Crippen LogP contribution in [0, 0.1) is 0 Å². The van der Waals surface area contributed by atoms with Crippen molar-refractivity contribution in [2.75, 3.05) is 6.61 Å². The molecular formula is C21H29NOSi. The molecule has 0 radical (unpaired) electrons. The molecule has 24 heavy (non-hydrogen) atoms. The molecule has 0 N–H and O–H groups in total. The van der Waals surface area contributed by atoms with Gasteiger partial charge >= 0.3 is 0 Å². The molecule has 0 atom stereocenters. The number of para-hydroxylation sites is 1. The summed E-state index contributed by atoms with van der Waals surface area (Å²) in [5.74, 6) is 1.00. The molecular weight excluding hydrogens is 310 g/mol. The van der Waals surface area contributed by atoms with Crippen molar-refractivity contribution in [2.24, 2.45) is 0 Å². The summed E-state index contributed by atoms with van der Waals surface area (Å²) < 4.78 is 8.60. The van der Waals surface area contributed by atoms with E-state index in [0.29, 0.717) is 0 Å². The summed E-state index contributed by atoms with van der Waals surface area (Å²) in [5, 5.41) is 2.69. The van der Waals surface area contributed by atoms with Gasteiger partial charge in [-0.15, -0.1) is 0 Å². The summed E-state index contributed by atoms with van der Waals surface area (Å²) in [6, 6.07) is 15.4. The molecule has 0 saturated carbocycles. The maximum absolute atomic E-state index is 6.03. The van der Waals surface area contributed by atoms with Crippen molar-refractivity contribution >= 4 is 30.0 Å². The maximum Gasteiger partial charge on any atom is 0.153 e. The first-order valence-corrected chi connectivity index (χ1v) is 12.6. The van der Waals surface area contributed by atoms with Crippen LogP contribution in [0.3, 0.4) is 0 Å². The number of ether oxygens (including phenoxy) is 1. The fourth-order valence-electron chi connectivity index (χ4n) is 3.48. The number of hydrogen-bond donors (Lipinski definition) is 0. The Balaban J connectivity index is 1.97. The van der Waals surface area contributed by atoms with Crippen LogP contribution in [0.2, 0.25) is 19.6 Å². The predicted molar refractivity (Wildman–Crippen MR) is 108 cm³/mol. The summed E-state index contributed by atoms with van der Waals surface area (Å²) in [4.78, 5) is 0. The fourth-order valence-corrected chi connectivity index (χ4v) is 5.31. The molecule has 1 aromatic heterocycles. The van der Waals surface area contributed by atoms with Gasteiger partial charge in [0.1, 0.15) is 5.75 Å². The standard InChI is InChI=1S/C21H29NOSi/c1-5-6-7-10-15-23-17-13-14-19-18-11-8-9-12-20(18)22(21(19)16-17)24(2,3)4/h8-9,11-14,16H,5-7,10,15H2,1-4H3. The topological polar surface area (TPSA) is 14.2 Å². The zero-order valence-corrected chi connectivity index (χ0v) is 16.4. The van der Waals surface area contributed by atoms with Gasteiger partial charge in [-0.3, -0.25) is 0 Å². The van der Waals surface area contributed by atoms with E-state index >= 15 is 0 Å². The van der Waals surface area contributed by atoms with E-state index < -0.39 is 8.24 Å². The van der Waals surface area contributed by atoms with Crippen LogP contribution < -0.4 is 4.74 Å². The third kappa shape index (κ3) is 3.36. The van der Waals surface area contributed by atoms with E-state index in [2.05, 4.69) is 73.3 Å². The van der Waals surface area contributed by atoms with E-state index in [-0.39, 0.29) is 0 Å². The second-order valence-corrected chi connectivity index (χ2v) is 12.4. The Labute approximate surface area is 146 Å². The Morgan fingerprint density at radius 3 is 2.38 bits per heavy atom. The minimum atomic E-state index is -1.52. The van der Waals surface area contributed by atoms with Crippen molar-refractivity contribution in [3.8, 4) is 5.75 Å². The molecule has 0 aliphatic carbocycles. The van der Waals surface area contributed by atoms with Crippen LogP contribution in [-0.4, -0.2) is 19.1 Å². The first kappa shape index (κ1) is 17.1. The number of fused-ring (bicyclic) bond motifs is 3. The highest BCUT2D eigenvalue weighted by atomic mass is 28.3. The molecule has 0 saturated heterocycles. The van der Waals surface area contributed by atoms with E-state index in [4.69, 9.17) is 4.74 Å². The molecule has 128 valence electrons. The van der Waals surface area contributed by atoms with Crippen molar-refractivity contribution < 1.29 is 4.74 Å². The van der Waals surface area contributed by atoms with Crippen LogP contribution in [0.5, 0.6) is 5.75 Å². The summed E-state index contributed by atoms with van der Waals surface area (Å²) in [6.45, 7) is 10.3. The third-order valence-electron chi connectivity index (χ3n) is 4.58. The first-order chi connectivity index (χ1) is 11.5. The lowest BCUT2D eigenvalue weighted by molar-refractivity contribution is 0.305. The van der Waals surface area contributed by atoms with Gasteiger partial charge in [0.15, 0.2) is 8.24 Å². The molecule has 0 bridgehead atoms. The summed E-state index contributed by atoms with van der Waals surface area (Å²) in [5.41, 5.74) is 2.67. The van der Waals surface area contributed by atoms with Gasteiger partial charge in [-0.1, -0.05) is 64.0 Å². The van der Waals surface area contributed by atoms with Gasteiger partial charge in [-0.2, -0.15) is 0 Å². The van der Waals surface area contributed by atoms with Crippen molar-refractivity contribution in [2.45, 2.75) is 52.2 Å². The van der Waals surface area contributed by atoms with Crippen LogP contribution in [0.4, 0.5) is 0 Å². The van der Waals surface area contributed by atoms with Crippen LogP contribution in [0.15, 0.2) is 42.5 Å². The minimum Gasteiger partial charge on any atom is -0.494 e. The molecule has 0 aliphatic rings. The number of nitrogens with zero attached hydrogens (tertiary/aromatic N) is 1. The number of unbranched alkanes of at least 4 members (excludes halogenated alkanes) is 3. The molecule has 3 aromatic rings. The lowest BCUT2D eigenvalue weighted by atomic mass is 10.1. The highest BCUT2D eigenvalue weighted by molar-refractivity contribution is 6.76. The molecule has 0 amide bonds. The monoisotopic (exact) mass is 339 g/mol. The largest absolute Gasteiger partial charge is 0.494 e. The van der Waals surface area contributed by atoms with Gasteiger partial charge < -0.3 is 8.97 Å². The third-order valence-corrected chi connectivity index (χ3v) is 6.41. The normalized spacial score (nSPS) is 12.2. The minimum absolute atomic E-state index is 0.818. The molecule has 0 fully saturated rings. The van der Waals surface area contributed by atoms with E-state index in [9.17, 15) is 0 Å². The SMILES string of the molecule is CCCCCCOc1ccc2c3ccccc3n([Si](C)(C)C)c2c1. The highest BCUT2D eigenvalue weighted by Gasteiger charge is 2.22. The van der Waals surface area contributed by atoms with Gasteiger partial charge in [-0.25, -0.2) is 0 Å². The molecule has 3 heteroatoms. The van der Waals surface area contributed by atoms with E-state index in [0.717, 1.165) is 18.8 Å². The number of aromatic nitrogens is 1. The number of benzene rings is 2. The van der Waals surface area contributed by atoms with E-state index in [1.807, 2.05) is 0 Å². The molecule has 3 rings (SSSR count). The summed E-state index contributed by atoms with van der Waals surface area (Å²) in [7, 11) is -1.52. The zero-order chi connectivity index (χ0) is 17.2. The lowest BCUT2D eigenvalue weighted by Gasteiger charge is -2.22. The Hall–Kier alpha value is -1.74. The second kappa shape index (κ2) is 7.02. The van der Waals surface area contributed by atoms with Crippen molar-refractivity contribution in [3.05, 3.63) is 42.5 Å². The quantitative estimate of drug-likeness (QED) is 0.357. The van der Waals surface area contributed by atoms with E-state index in [1.54, 1.807) is 0 Å². The van der Waals surface area contributed by atoms with Crippen LogP contribution in [0.25, 0.3) is 21.8 Å². The van der Waals surface area contributed by atoms with E-state index in [1.165, 1.54) is 41.1 Å². The van der Waals surface area contributed by atoms with Crippen molar-refractivity contribution in [3.63, 3.8) is 0 Å². The van der Waals surface area contributed by atoms with Gasteiger partial charge in [0.05, 0.1) is 6.61 Å². The second-order valence-electron chi connectivity index (χ2n) is 7.61. The Morgan fingerprint density at radius 1 is 0.875 bits per heavy atom. The van der Waals surface area contributed by atoms with Crippen molar-refractivity contribution in [1.29, 1.82) is 0 Å². The highest BCUT2D eigenvalue weighted by Crippen LogP contribution is 2.33. The molecule has 0 unspecified atom stereocenters. The Bertz CT molecular complexity index is 829. The van der Waals surface area contributed by atoms with Crippen LogP contribution in [0.1, 0.15) is 32.6 Å². The van der Waals surface area contributed by atoms with Crippen molar-refractivity contribution in [1.82, 2.24) is 4.23 Å².